The van der Waals surface area contributed by atoms with Crippen molar-refractivity contribution in [3.8, 4) is 16.9 Å². The maximum Gasteiger partial charge on any atom is 0.339 e. The molecule has 8 heteroatoms. The Morgan fingerprint density at radius 2 is 1.67 bits per heavy atom. The number of sulfonamides is 1. The Kier molecular flexibility index (Phi) is 5.44. The second kappa shape index (κ2) is 8.04. The molecule has 0 spiro atoms. The van der Waals surface area contributed by atoms with Crippen molar-refractivity contribution in [2.45, 2.75) is 24.3 Å². The third-order valence-electron chi connectivity index (χ3n) is 4.95. The van der Waals surface area contributed by atoms with Gasteiger partial charge in [0.2, 0.25) is 10.0 Å². The Hall–Kier alpha value is -2.97. The van der Waals surface area contributed by atoms with Crippen LogP contribution in [0.5, 0.6) is 5.75 Å². The van der Waals surface area contributed by atoms with Crippen LogP contribution in [0.25, 0.3) is 11.1 Å². The Morgan fingerprint density at radius 3 is 2.30 bits per heavy atom. The standard InChI is InChI=1S/C22H20FNO5S/c1-15-12-20(13-22(25)28-15)29-19-10-11-24(14-19)30(26,27)21-8-4-17(5-9-21)16-2-6-18(23)7-3-16/h2-9,12-13,19H,10-11,14H2,1H3/t19-/m1/s1. The monoisotopic (exact) mass is 429 g/mol. The minimum Gasteiger partial charge on any atom is -0.489 e. The second-order valence-corrected chi connectivity index (χ2v) is 9.08. The van der Waals surface area contributed by atoms with Gasteiger partial charge < -0.3 is 9.15 Å². The molecule has 30 heavy (non-hydrogen) atoms. The van der Waals surface area contributed by atoms with Gasteiger partial charge in [-0.3, -0.25) is 0 Å². The quantitative estimate of drug-likeness (QED) is 0.619. The Labute approximate surface area is 173 Å². The van der Waals surface area contributed by atoms with Crippen LogP contribution in [0.2, 0.25) is 0 Å². The fraction of sp³-hybridized carbons (Fsp3) is 0.227. The van der Waals surface area contributed by atoms with Crippen molar-refractivity contribution in [2.24, 2.45) is 0 Å². The second-order valence-electron chi connectivity index (χ2n) is 7.15. The lowest BCUT2D eigenvalue weighted by atomic mass is 10.1. The van der Waals surface area contributed by atoms with Gasteiger partial charge in [-0.1, -0.05) is 24.3 Å². The van der Waals surface area contributed by atoms with Crippen LogP contribution in [0, 0.1) is 12.7 Å². The molecule has 6 nitrogen and oxygen atoms in total. The predicted molar refractivity (Wildman–Crippen MR) is 109 cm³/mol. The summed E-state index contributed by atoms with van der Waals surface area (Å²) in [7, 11) is -3.67. The first kappa shape index (κ1) is 20.3. The number of ether oxygens (including phenoxy) is 1. The fourth-order valence-corrected chi connectivity index (χ4v) is 4.95. The Morgan fingerprint density at radius 1 is 1.03 bits per heavy atom. The van der Waals surface area contributed by atoms with Gasteiger partial charge in [0.05, 0.1) is 17.5 Å². The maximum absolute atomic E-state index is 13.1. The Bertz CT molecular complexity index is 1200. The number of rotatable bonds is 5. The van der Waals surface area contributed by atoms with E-state index in [2.05, 4.69) is 0 Å². The first-order valence-electron chi connectivity index (χ1n) is 9.46. The van der Waals surface area contributed by atoms with Crippen molar-refractivity contribution in [1.82, 2.24) is 4.31 Å². The zero-order valence-electron chi connectivity index (χ0n) is 16.2. The molecule has 0 unspecified atom stereocenters. The van der Waals surface area contributed by atoms with Crippen molar-refractivity contribution >= 4 is 10.0 Å². The van der Waals surface area contributed by atoms with E-state index in [0.29, 0.717) is 24.5 Å². The van der Waals surface area contributed by atoms with E-state index in [0.717, 1.165) is 11.1 Å². The number of aryl methyl sites for hydroxylation is 1. The molecule has 156 valence electrons. The zero-order chi connectivity index (χ0) is 21.3. The summed E-state index contributed by atoms with van der Waals surface area (Å²) < 4.78 is 51.1. The van der Waals surface area contributed by atoms with Crippen molar-refractivity contribution in [1.29, 1.82) is 0 Å². The van der Waals surface area contributed by atoms with E-state index in [1.807, 2.05) is 0 Å². The molecule has 0 amide bonds. The lowest BCUT2D eigenvalue weighted by molar-refractivity contribution is 0.213. The number of nitrogens with zero attached hydrogens (tertiary/aromatic N) is 1. The number of hydrogen-bond acceptors (Lipinski definition) is 5. The largest absolute Gasteiger partial charge is 0.489 e. The molecular formula is C22H20FNO5S. The van der Waals surface area contributed by atoms with Crippen molar-refractivity contribution in [3.63, 3.8) is 0 Å². The molecule has 1 saturated heterocycles. The maximum atomic E-state index is 13.1. The number of hydrogen-bond donors (Lipinski definition) is 0. The van der Waals surface area contributed by atoms with Gasteiger partial charge in [0.25, 0.3) is 0 Å². The summed E-state index contributed by atoms with van der Waals surface area (Å²) in [6.07, 6.45) is 0.172. The van der Waals surface area contributed by atoms with Gasteiger partial charge in [-0.25, -0.2) is 17.6 Å². The van der Waals surface area contributed by atoms with Crippen LogP contribution < -0.4 is 10.4 Å². The minimum atomic E-state index is -3.67. The summed E-state index contributed by atoms with van der Waals surface area (Å²) in [4.78, 5) is 11.7. The molecular weight excluding hydrogens is 409 g/mol. The first-order chi connectivity index (χ1) is 14.3. The summed E-state index contributed by atoms with van der Waals surface area (Å²) in [5, 5.41) is 0. The Balaban J connectivity index is 1.47. The molecule has 0 bridgehead atoms. The summed E-state index contributed by atoms with van der Waals surface area (Å²) >= 11 is 0. The minimum absolute atomic E-state index is 0.185. The molecule has 1 aliphatic heterocycles. The fourth-order valence-electron chi connectivity index (χ4n) is 3.46. The average molecular weight is 429 g/mol. The highest BCUT2D eigenvalue weighted by atomic mass is 32.2. The van der Waals surface area contributed by atoms with E-state index in [1.54, 1.807) is 49.4 Å². The average Bonchev–Trinajstić information content (AvgIpc) is 3.17. The van der Waals surface area contributed by atoms with Gasteiger partial charge in [0.15, 0.2) is 0 Å². The van der Waals surface area contributed by atoms with Crippen molar-refractivity contribution < 1.29 is 22.0 Å². The van der Waals surface area contributed by atoms with Gasteiger partial charge in [0, 0.05) is 12.6 Å². The summed E-state index contributed by atoms with van der Waals surface area (Å²) in [6.45, 7) is 2.17. The van der Waals surface area contributed by atoms with E-state index < -0.39 is 15.6 Å². The van der Waals surface area contributed by atoms with E-state index in [9.17, 15) is 17.6 Å². The van der Waals surface area contributed by atoms with E-state index in [1.165, 1.54) is 22.5 Å². The van der Waals surface area contributed by atoms with Crippen LogP contribution in [-0.4, -0.2) is 31.9 Å². The topological polar surface area (TPSA) is 76.8 Å². The van der Waals surface area contributed by atoms with E-state index in [-0.39, 0.29) is 23.4 Å². The van der Waals surface area contributed by atoms with Gasteiger partial charge in [-0.2, -0.15) is 4.31 Å². The molecule has 2 heterocycles. The first-order valence-corrected chi connectivity index (χ1v) is 10.9. The van der Waals surface area contributed by atoms with Crippen molar-refractivity contribution in [3.05, 3.63) is 82.7 Å². The van der Waals surface area contributed by atoms with E-state index >= 15 is 0 Å². The van der Waals surface area contributed by atoms with Crippen LogP contribution in [0.15, 0.2) is 74.8 Å². The van der Waals surface area contributed by atoms with Gasteiger partial charge in [0.1, 0.15) is 23.4 Å². The van der Waals surface area contributed by atoms with Crippen LogP contribution in [-0.2, 0) is 10.0 Å². The molecule has 0 radical (unpaired) electrons. The summed E-state index contributed by atoms with van der Waals surface area (Å²) in [6, 6.07) is 15.4. The predicted octanol–water partition coefficient (Wildman–Crippen LogP) is 3.60. The van der Waals surface area contributed by atoms with Crippen LogP contribution >= 0.6 is 0 Å². The van der Waals surface area contributed by atoms with Crippen LogP contribution in [0.4, 0.5) is 4.39 Å². The lowest BCUT2D eigenvalue weighted by Gasteiger charge is -2.17. The van der Waals surface area contributed by atoms with Gasteiger partial charge >= 0.3 is 5.63 Å². The highest BCUT2D eigenvalue weighted by Crippen LogP contribution is 2.26. The summed E-state index contributed by atoms with van der Waals surface area (Å²) in [5.74, 6) is 0.480. The molecule has 1 fully saturated rings. The molecule has 1 aromatic heterocycles. The number of benzene rings is 2. The smallest absolute Gasteiger partial charge is 0.339 e. The third-order valence-corrected chi connectivity index (χ3v) is 6.83. The third kappa shape index (κ3) is 4.29. The molecule has 1 atom stereocenters. The molecule has 4 rings (SSSR count). The SMILES string of the molecule is Cc1cc(O[C@@H]2CCN(S(=O)(=O)c3ccc(-c4ccc(F)cc4)cc3)C2)cc(=O)o1. The zero-order valence-corrected chi connectivity index (χ0v) is 17.1. The molecule has 0 aliphatic carbocycles. The van der Waals surface area contributed by atoms with Crippen LogP contribution in [0.1, 0.15) is 12.2 Å². The highest BCUT2D eigenvalue weighted by Gasteiger charge is 2.33. The lowest BCUT2D eigenvalue weighted by Crippen LogP contribution is -2.31. The normalized spacial score (nSPS) is 17.2. The van der Waals surface area contributed by atoms with E-state index in [4.69, 9.17) is 9.15 Å². The van der Waals surface area contributed by atoms with Crippen molar-refractivity contribution in [2.75, 3.05) is 13.1 Å². The molecule has 2 aromatic carbocycles. The van der Waals surface area contributed by atoms with Gasteiger partial charge in [-0.15, -0.1) is 0 Å². The number of halogens is 1. The summed E-state index contributed by atoms with van der Waals surface area (Å²) in [5.41, 5.74) is 1.10. The van der Waals surface area contributed by atoms with Gasteiger partial charge in [-0.05, 0) is 48.7 Å². The molecule has 3 aromatic rings. The molecule has 0 saturated carbocycles. The van der Waals surface area contributed by atoms with Crippen LogP contribution in [0.3, 0.4) is 0 Å². The molecule has 0 N–H and O–H groups in total. The highest BCUT2D eigenvalue weighted by molar-refractivity contribution is 7.89. The molecule has 1 aliphatic rings.